The molecule has 0 aliphatic heterocycles. The maximum atomic E-state index is 13.1. The summed E-state index contributed by atoms with van der Waals surface area (Å²) < 4.78 is 13.8. The lowest BCUT2D eigenvalue weighted by atomic mass is 10.3. The average Bonchev–Trinajstić information content (AvgIpc) is 2.10. The molecule has 0 saturated carbocycles. The number of halogens is 2. The van der Waals surface area contributed by atoms with Gasteiger partial charge in [0.15, 0.2) is 0 Å². The van der Waals surface area contributed by atoms with Crippen molar-refractivity contribution in [1.29, 1.82) is 0 Å². The first kappa shape index (κ1) is 10.5. The first-order chi connectivity index (χ1) is 6.25. The molecule has 2 nitrogen and oxygen atoms in total. The molecule has 0 saturated heterocycles. The van der Waals surface area contributed by atoms with Crippen LogP contribution in [0.2, 0.25) is 0 Å². The van der Waals surface area contributed by atoms with Gasteiger partial charge in [0.2, 0.25) is 0 Å². The van der Waals surface area contributed by atoms with E-state index >= 15 is 0 Å². The van der Waals surface area contributed by atoms with Gasteiger partial charge in [-0.1, -0.05) is 6.07 Å². The van der Waals surface area contributed by atoms with Gasteiger partial charge < -0.3 is 10.4 Å². The number of hydrogen-bond acceptors (Lipinski definition) is 2. The largest absolute Gasteiger partial charge is 0.396 e. The molecule has 0 aliphatic carbocycles. The van der Waals surface area contributed by atoms with Crippen molar-refractivity contribution in [2.45, 2.75) is 6.42 Å². The van der Waals surface area contributed by atoms with Gasteiger partial charge in [-0.2, -0.15) is 0 Å². The Balaban J connectivity index is 2.64. The van der Waals surface area contributed by atoms with Crippen molar-refractivity contribution in [3.63, 3.8) is 0 Å². The maximum absolute atomic E-state index is 13.1. The predicted molar refractivity (Wildman–Crippen MR) is 54.3 cm³/mol. The average molecular weight is 248 g/mol. The highest BCUT2D eigenvalue weighted by Crippen LogP contribution is 2.24. The Labute approximate surface area is 84.9 Å². The zero-order valence-electron chi connectivity index (χ0n) is 7.06. The summed E-state index contributed by atoms with van der Waals surface area (Å²) in [7, 11) is 0. The molecule has 0 aromatic heterocycles. The molecule has 0 fully saturated rings. The van der Waals surface area contributed by atoms with E-state index in [-0.39, 0.29) is 12.4 Å². The topological polar surface area (TPSA) is 32.3 Å². The first-order valence-corrected chi connectivity index (χ1v) is 4.83. The van der Waals surface area contributed by atoms with Crippen LogP contribution in [0.15, 0.2) is 22.7 Å². The third-order valence-corrected chi connectivity index (χ3v) is 2.26. The van der Waals surface area contributed by atoms with Gasteiger partial charge in [0.05, 0.1) is 5.69 Å². The first-order valence-electron chi connectivity index (χ1n) is 4.04. The number of hydrogen-bond donors (Lipinski definition) is 2. The Morgan fingerprint density at radius 2 is 2.23 bits per heavy atom. The van der Waals surface area contributed by atoms with E-state index in [1.165, 1.54) is 6.07 Å². The lowest BCUT2D eigenvalue weighted by Gasteiger charge is -2.08. The minimum Gasteiger partial charge on any atom is -0.396 e. The highest BCUT2D eigenvalue weighted by Gasteiger charge is 2.04. The zero-order chi connectivity index (χ0) is 9.68. The van der Waals surface area contributed by atoms with Crippen LogP contribution in [0, 0.1) is 5.82 Å². The number of aliphatic hydroxyl groups excluding tert-OH is 1. The van der Waals surface area contributed by atoms with Crippen molar-refractivity contribution in [3.05, 3.63) is 28.5 Å². The molecule has 1 aromatic rings. The van der Waals surface area contributed by atoms with Gasteiger partial charge in [0.25, 0.3) is 0 Å². The van der Waals surface area contributed by atoms with Crippen molar-refractivity contribution in [2.75, 3.05) is 18.5 Å². The summed E-state index contributed by atoms with van der Waals surface area (Å²) in [6, 6.07) is 4.80. The number of rotatable bonds is 4. The van der Waals surface area contributed by atoms with Crippen LogP contribution >= 0.6 is 15.9 Å². The van der Waals surface area contributed by atoms with Gasteiger partial charge in [-0.05, 0) is 34.5 Å². The highest BCUT2D eigenvalue weighted by atomic mass is 79.9. The molecular weight excluding hydrogens is 237 g/mol. The molecule has 0 spiro atoms. The number of benzene rings is 1. The number of anilines is 1. The summed E-state index contributed by atoms with van der Waals surface area (Å²) in [4.78, 5) is 0. The molecule has 2 N–H and O–H groups in total. The molecule has 0 atom stereocenters. The van der Waals surface area contributed by atoms with Crippen LogP contribution < -0.4 is 5.32 Å². The van der Waals surface area contributed by atoms with Crippen LogP contribution in [-0.2, 0) is 0 Å². The molecule has 13 heavy (non-hydrogen) atoms. The molecular formula is C9H11BrFNO. The number of aliphatic hydroxyl groups is 1. The van der Waals surface area contributed by atoms with E-state index in [4.69, 9.17) is 5.11 Å². The van der Waals surface area contributed by atoms with Gasteiger partial charge >= 0.3 is 0 Å². The molecule has 0 bridgehead atoms. The third-order valence-electron chi connectivity index (χ3n) is 1.60. The van der Waals surface area contributed by atoms with E-state index in [2.05, 4.69) is 21.2 Å². The normalized spacial score (nSPS) is 10.1. The predicted octanol–water partition coefficient (Wildman–Crippen LogP) is 2.38. The van der Waals surface area contributed by atoms with Crippen molar-refractivity contribution in [2.24, 2.45) is 0 Å². The quantitative estimate of drug-likeness (QED) is 0.802. The Kier molecular flexibility index (Phi) is 4.18. The van der Waals surface area contributed by atoms with Gasteiger partial charge in [0, 0.05) is 17.6 Å². The van der Waals surface area contributed by atoms with E-state index in [1.807, 2.05) is 0 Å². The van der Waals surface area contributed by atoms with Crippen LogP contribution in [0.5, 0.6) is 0 Å². The fraction of sp³-hybridized carbons (Fsp3) is 0.333. The molecule has 0 heterocycles. The summed E-state index contributed by atoms with van der Waals surface area (Å²) >= 11 is 3.23. The Morgan fingerprint density at radius 3 is 2.85 bits per heavy atom. The summed E-state index contributed by atoms with van der Waals surface area (Å²) in [5.74, 6) is -0.285. The summed E-state index contributed by atoms with van der Waals surface area (Å²) in [5.41, 5.74) is 0.455. The molecule has 1 rings (SSSR count). The number of nitrogens with one attached hydrogen (secondary N) is 1. The van der Waals surface area contributed by atoms with E-state index in [0.29, 0.717) is 23.1 Å². The van der Waals surface area contributed by atoms with E-state index in [1.54, 1.807) is 12.1 Å². The highest BCUT2D eigenvalue weighted by molar-refractivity contribution is 9.10. The lowest BCUT2D eigenvalue weighted by molar-refractivity contribution is 0.292. The van der Waals surface area contributed by atoms with Gasteiger partial charge in [-0.3, -0.25) is 0 Å². The molecule has 0 radical (unpaired) electrons. The Morgan fingerprint density at radius 1 is 1.46 bits per heavy atom. The Hall–Kier alpha value is -0.610. The van der Waals surface area contributed by atoms with Crippen LogP contribution in [0.3, 0.4) is 0 Å². The molecule has 1 aromatic carbocycles. The van der Waals surface area contributed by atoms with Crippen LogP contribution in [-0.4, -0.2) is 18.3 Å². The molecule has 0 unspecified atom stereocenters. The SMILES string of the molecule is OCCCNc1c(F)cccc1Br. The van der Waals surface area contributed by atoms with E-state index < -0.39 is 0 Å². The van der Waals surface area contributed by atoms with Gasteiger partial charge in [-0.15, -0.1) is 0 Å². The van der Waals surface area contributed by atoms with Gasteiger partial charge in [0.1, 0.15) is 5.82 Å². The second-order valence-electron chi connectivity index (χ2n) is 2.60. The fourth-order valence-corrected chi connectivity index (χ4v) is 1.44. The van der Waals surface area contributed by atoms with Crippen molar-refractivity contribution < 1.29 is 9.50 Å². The smallest absolute Gasteiger partial charge is 0.147 e. The lowest BCUT2D eigenvalue weighted by Crippen LogP contribution is -2.05. The standard InChI is InChI=1S/C9H11BrFNO/c10-7-3-1-4-8(11)9(7)12-5-2-6-13/h1,3-4,12-13H,2,5-6H2. The maximum Gasteiger partial charge on any atom is 0.147 e. The van der Waals surface area contributed by atoms with Crippen LogP contribution in [0.25, 0.3) is 0 Å². The zero-order valence-corrected chi connectivity index (χ0v) is 8.64. The number of para-hydroxylation sites is 1. The van der Waals surface area contributed by atoms with Crippen molar-refractivity contribution >= 4 is 21.6 Å². The minimum atomic E-state index is -0.285. The Bertz CT molecular complexity index is 260. The van der Waals surface area contributed by atoms with E-state index in [9.17, 15) is 4.39 Å². The third kappa shape index (κ3) is 2.97. The van der Waals surface area contributed by atoms with Crippen molar-refractivity contribution in [1.82, 2.24) is 0 Å². The fourth-order valence-electron chi connectivity index (χ4n) is 0.959. The molecule has 0 amide bonds. The summed E-state index contributed by atoms with van der Waals surface area (Å²) in [5, 5.41) is 11.4. The minimum absolute atomic E-state index is 0.110. The van der Waals surface area contributed by atoms with Crippen molar-refractivity contribution in [3.8, 4) is 0 Å². The second kappa shape index (κ2) is 5.19. The molecule has 4 heteroatoms. The van der Waals surface area contributed by atoms with E-state index in [0.717, 1.165) is 0 Å². The summed E-state index contributed by atoms with van der Waals surface area (Å²) in [6.07, 6.45) is 0.612. The second-order valence-corrected chi connectivity index (χ2v) is 3.45. The van der Waals surface area contributed by atoms with Gasteiger partial charge in [-0.25, -0.2) is 4.39 Å². The monoisotopic (exact) mass is 247 g/mol. The molecule has 0 aliphatic rings. The van der Waals surface area contributed by atoms with Crippen LogP contribution in [0.4, 0.5) is 10.1 Å². The van der Waals surface area contributed by atoms with Crippen LogP contribution in [0.1, 0.15) is 6.42 Å². The summed E-state index contributed by atoms with van der Waals surface area (Å²) in [6.45, 7) is 0.676. The molecule has 72 valence electrons.